The Morgan fingerprint density at radius 3 is 2.58 bits per heavy atom. The summed E-state index contributed by atoms with van der Waals surface area (Å²) in [6, 6.07) is 5.70. The van der Waals surface area contributed by atoms with Gasteiger partial charge in [-0.05, 0) is 26.0 Å². The molecular formula is C28H32F2N6O3S. The van der Waals surface area contributed by atoms with Gasteiger partial charge in [0, 0.05) is 62.8 Å². The van der Waals surface area contributed by atoms with Crippen LogP contribution in [0, 0.1) is 17.6 Å². The Morgan fingerprint density at radius 1 is 1.12 bits per heavy atom. The van der Waals surface area contributed by atoms with Gasteiger partial charge in [-0.1, -0.05) is 17.8 Å². The number of fused-ring (bicyclic) bond motifs is 1. The van der Waals surface area contributed by atoms with E-state index < -0.39 is 17.0 Å². The molecule has 3 aliphatic heterocycles. The van der Waals surface area contributed by atoms with Gasteiger partial charge in [-0.3, -0.25) is 0 Å². The number of anilines is 2. The molecule has 2 fully saturated rings. The summed E-state index contributed by atoms with van der Waals surface area (Å²) in [7, 11) is 0. The molecule has 0 amide bonds. The fourth-order valence-corrected chi connectivity index (χ4v) is 6.47. The molecule has 0 aliphatic carbocycles. The zero-order chi connectivity index (χ0) is 28.2. The Morgan fingerprint density at radius 2 is 1.88 bits per heavy atom. The molecular weight excluding hydrogens is 538 g/mol. The molecule has 2 saturated heterocycles. The van der Waals surface area contributed by atoms with Crippen molar-refractivity contribution in [2.24, 2.45) is 11.7 Å². The number of benzene rings is 1. The first kappa shape index (κ1) is 27.1. The van der Waals surface area contributed by atoms with Crippen molar-refractivity contribution in [2.45, 2.75) is 60.5 Å². The van der Waals surface area contributed by atoms with Crippen molar-refractivity contribution >= 4 is 23.4 Å². The van der Waals surface area contributed by atoms with Crippen molar-refractivity contribution in [3.8, 4) is 5.75 Å². The van der Waals surface area contributed by atoms with Gasteiger partial charge in [0.2, 0.25) is 0 Å². The Hall–Kier alpha value is -3.06. The van der Waals surface area contributed by atoms with Gasteiger partial charge in [-0.2, -0.15) is 0 Å². The molecule has 9 nitrogen and oxygen atoms in total. The molecule has 3 aliphatic rings. The molecule has 0 radical (unpaired) electrons. The predicted octanol–water partition coefficient (Wildman–Crippen LogP) is 3.43. The van der Waals surface area contributed by atoms with Crippen LogP contribution in [0.2, 0.25) is 0 Å². The number of hydrogen-bond acceptors (Lipinski definition) is 10. The lowest BCUT2D eigenvalue weighted by Gasteiger charge is -2.45. The fraction of sp³-hybridized carbons (Fsp3) is 0.464. The SMILES string of the molecule is CC(C)(O)C1CN(c2nccc(Sc3cnc(N4CCC5(CC4)Oc4cc(F)ccc4[C@H]5N)c(CO)n3)c2F)C1. The molecule has 1 atom stereocenters. The van der Waals surface area contributed by atoms with Crippen molar-refractivity contribution in [2.75, 3.05) is 36.0 Å². The van der Waals surface area contributed by atoms with Gasteiger partial charge in [0.25, 0.3) is 0 Å². The van der Waals surface area contributed by atoms with Gasteiger partial charge in [0.1, 0.15) is 27.9 Å². The van der Waals surface area contributed by atoms with Crippen LogP contribution in [0.15, 0.2) is 46.6 Å². The molecule has 12 heteroatoms. The van der Waals surface area contributed by atoms with E-state index in [0.717, 1.165) is 17.3 Å². The fourth-order valence-electron chi connectivity index (χ4n) is 5.68. The van der Waals surface area contributed by atoms with E-state index in [9.17, 15) is 14.6 Å². The summed E-state index contributed by atoms with van der Waals surface area (Å²) in [5.41, 5.74) is 6.30. The monoisotopic (exact) mass is 570 g/mol. The second-order valence-corrected chi connectivity index (χ2v) is 12.3. The first-order valence-electron chi connectivity index (χ1n) is 13.3. The lowest BCUT2D eigenvalue weighted by molar-refractivity contribution is 0.00415. The summed E-state index contributed by atoms with van der Waals surface area (Å²) >= 11 is 1.12. The molecule has 0 saturated carbocycles. The minimum atomic E-state index is -0.827. The van der Waals surface area contributed by atoms with Crippen molar-refractivity contribution in [1.29, 1.82) is 0 Å². The minimum Gasteiger partial charge on any atom is -0.485 e. The number of halogens is 2. The highest BCUT2D eigenvalue weighted by Crippen LogP contribution is 2.47. The normalized spacial score (nSPS) is 20.4. The number of ether oxygens (including phenoxy) is 1. The Kier molecular flexibility index (Phi) is 6.84. The number of aliphatic hydroxyl groups excluding tert-OH is 1. The highest BCUT2D eigenvalue weighted by Gasteiger charge is 2.49. The quantitative estimate of drug-likeness (QED) is 0.407. The first-order chi connectivity index (χ1) is 19.1. The number of nitrogens with zero attached hydrogens (tertiary/aromatic N) is 5. The lowest BCUT2D eigenvalue weighted by atomic mass is 9.83. The van der Waals surface area contributed by atoms with Crippen LogP contribution in [0.25, 0.3) is 0 Å². The average Bonchev–Trinajstić information content (AvgIpc) is 3.15. The second kappa shape index (κ2) is 10.1. The molecule has 1 aromatic carbocycles. The first-order valence-corrected chi connectivity index (χ1v) is 14.1. The molecule has 3 aromatic rings. The second-order valence-electron chi connectivity index (χ2n) is 11.3. The Labute approximate surface area is 235 Å². The number of aliphatic hydroxyl groups is 2. The third-order valence-electron chi connectivity index (χ3n) is 8.28. The predicted molar refractivity (Wildman–Crippen MR) is 146 cm³/mol. The third-order valence-corrected chi connectivity index (χ3v) is 9.22. The number of hydrogen-bond donors (Lipinski definition) is 3. The Bertz CT molecular complexity index is 1420. The van der Waals surface area contributed by atoms with E-state index in [1.54, 1.807) is 38.4 Å². The van der Waals surface area contributed by atoms with Gasteiger partial charge in [0.05, 0.1) is 29.3 Å². The van der Waals surface area contributed by atoms with Gasteiger partial charge in [-0.25, -0.2) is 23.7 Å². The maximum absolute atomic E-state index is 15.4. The lowest BCUT2D eigenvalue weighted by Crippen LogP contribution is -2.56. The van der Waals surface area contributed by atoms with Crippen LogP contribution in [-0.2, 0) is 6.61 Å². The van der Waals surface area contributed by atoms with E-state index in [1.165, 1.54) is 12.1 Å². The van der Waals surface area contributed by atoms with Crippen LogP contribution in [-0.4, -0.2) is 62.5 Å². The molecule has 2 aromatic heterocycles. The number of rotatable bonds is 6. The van der Waals surface area contributed by atoms with Crippen molar-refractivity contribution in [3.05, 3.63) is 59.6 Å². The van der Waals surface area contributed by atoms with Crippen LogP contribution >= 0.6 is 11.8 Å². The van der Waals surface area contributed by atoms with Crippen LogP contribution in [0.5, 0.6) is 5.75 Å². The van der Waals surface area contributed by atoms with Gasteiger partial charge in [-0.15, -0.1) is 0 Å². The van der Waals surface area contributed by atoms with Crippen molar-refractivity contribution < 1.29 is 23.7 Å². The number of piperidine rings is 1. The van der Waals surface area contributed by atoms with Crippen LogP contribution in [0.1, 0.15) is 44.0 Å². The van der Waals surface area contributed by atoms with E-state index >= 15 is 4.39 Å². The summed E-state index contributed by atoms with van der Waals surface area (Å²) in [5.74, 6) is 0.547. The smallest absolute Gasteiger partial charge is 0.179 e. The number of nitrogens with two attached hydrogens (primary N) is 1. The van der Waals surface area contributed by atoms with E-state index in [2.05, 4.69) is 15.0 Å². The molecule has 40 heavy (non-hydrogen) atoms. The zero-order valence-electron chi connectivity index (χ0n) is 22.3. The summed E-state index contributed by atoms with van der Waals surface area (Å²) in [6.07, 6.45) is 4.33. The Balaban J connectivity index is 1.14. The highest BCUT2D eigenvalue weighted by atomic mass is 32.2. The highest BCUT2D eigenvalue weighted by molar-refractivity contribution is 7.99. The summed E-state index contributed by atoms with van der Waals surface area (Å²) < 4.78 is 35.3. The van der Waals surface area contributed by atoms with Gasteiger partial charge >= 0.3 is 0 Å². The molecule has 0 unspecified atom stereocenters. The largest absolute Gasteiger partial charge is 0.485 e. The van der Waals surface area contributed by atoms with Gasteiger partial charge in [0.15, 0.2) is 17.5 Å². The summed E-state index contributed by atoms with van der Waals surface area (Å²) in [6.45, 7) is 5.39. The van der Waals surface area contributed by atoms with Crippen LogP contribution in [0.3, 0.4) is 0 Å². The maximum Gasteiger partial charge on any atom is 0.179 e. The molecule has 212 valence electrons. The van der Waals surface area contributed by atoms with E-state index in [-0.39, 0.29) is 30.2 Å². The summed E-state index contributed by atoms with van der Waals surface area (Å²) in [4.78, 5) is 17.6. The van der Waals surface area contributed by atoms with E-state index in [1.807, 2.05) is 9.80 Å². The minimum absolute atomic E-state index is 0.0505. The molecule has 5 heterocycles. The van der Waals surface area contributed by atoms with Crippen molar-refractivity contribution in [1.82, 2.24) is 15.0 Å². The van der Waals surface area contributed by atoms with Gasteiger partial charge < -0.3 is 30.5 Å². The molecule has 6 rings (SSSR count). The standard InChI is InChI=1S/C28H32F2N6O3S/c1-27(2,38)16-13-36(14-16)26-23(30)21(5-8-32-26)40-22-12-33-25(19(15-37)34-22)35-9-6-28(7-10-35)24(31)18-4-3-17(29)11-20(18)39-28/h3-5,8,11-12,16,24,37-38H,6-7,9-10,13-15,31H2,1-2H3/t24-/m1/s1. The zero-order valence-corrected chi connectivity index (χ0v) is 23.2. The van der Waals surface area contributed by atoms with Crippen LogP contribution < -0.4 is 20.3 Å². The van der Waals surface area contributed by atoms with Crippen LogP contribution in [0.4, 0.5) is 20.4 Å². The molecule has 4 N–H and O–H groups in total. The topological polar surface area (TPSA) is 121 Å². The average molecular weight is 571 g/mol. The maximum atomic E-state index is 15.4. The van der Waals surface area contributed by atoms with Crippen molar-refractivity contribution in [3.63, 3.8) is 0 Å². The van der Waals surface area contributed by atoms with E-state index in [4.69, 9.17) is 10.5 Å². The molecule has 1 spiro atoms. The summed E-state index contributed by atoms with van der Waals surface area (Å²) in [5, 5.41) is 20.7. The number of pyridine rings is 1. The third kappa shape index (κ3) is 4.76. The number of aromatic nitrogens is 3. The van der Waals surface area contributed by atoms with E-state index in [0.29, 0.717) is 66.2 Å². The molecule has 0 bridgehead atoms.